The van der Waals surface area contributed by atoms with E-state index in [1.165, 1.54) is 4.31 Å². The second-order valence-electron chi connectivity index (χ2n) is 8.50. The first-order valence-corrected chi connectivity index (χ1v) is 12.6. The molecule has 0 spiro atoms. The van der Waals surface area contributed by atoms with Crippen molar-refractivity contribution in [3.05, 3.63) is 54.1 Å². The Morgan fingerprint density at radius 2 is 1.66 bits per heavy atom. The fraction of sp³-hybridized carbons (Fsp3) is 0.458. The van der Waals surface area contributed by atoms with E-state index >= 15 is 0 Å². The van der Waals surface area contributed by atoms with Crippen molar-refractivity contribution in [2.45, 2.75) is 24.7 Å². The van der Waals surface area contributed by atoms with Gasteiger partial charge in [-0.25, -0.2) is 8.42 Å². The van der Waals surface area contributed by atoms with Crippen molar-refractivity contribution >= 4 is 21.6 Å². The van der Waals surface area contributed by atoms with Gasteiger partial charge in [0.25, 0.3) is 0 Å². The smallest absolute Gasteiger partial charge is 0.243 e. The molecule has 8 heteroatoms. The van der Waals surface area contributed by atoms with Gasteiger partial charge in [0.15, 0.2) is 0 Å². The van der Waals surface area contributed by atoms with Crippen molar-refractivity contribution in [1.29, 1.82) is 0 Å². The lowest BCUT2D eigenvalue weighted by Crippen LogP contribution is -2.53. The number of rotatable bonds is 5. The Hall–Kier alpha value is -2.58. The van der Waals surface area contributed by atoms with E-state index in [0.29, 0.717) is 31.0 Å². The highest BCUT2D eigenvalue weighted by Crippen LogP contribution is 2.29. The maximum Gasteiger partial charge on any atom is 0.243 e. The summed E-state index contributed by atoms with van der Waals surface area (Å²) in [6.07, 6.45) is 1.42. The van der Waals surface area contributed by atoms with E-state index < -0.39 is 10.0 Å². The van der Waals surface area contributed by atoms with Crippen LogP contribution in [0.25, 0.3) is 0 Å². The largest absolute Gasteiger partial charge is 0.495 e. The lowest BCUT2D eigenvalue weighted by molar-refractivity contribution is -0.137. The maximum absolute atomic E-state index is 13.2. The molecule has 2 aliphatic heterocycles. The lowest BCUT2D eigenvalue weighted by Gasteiger charge is -2.39. The first kappa shape index (κ1) is 22.6. The van der Waals surface area contributed by atoms with Crippen LogP contribution < -0.4 is 9.64 Å². The van der Waals surface area contributed by atoms with Gasteiger partial charge in [0.05, 0.1) is 23.6 Å². The van der Waals surface area contributed by atoms with Crippen molar-refractivity contribution in [2.75, 3.05) is 51.3 Å². The number of amides is 1. The zero-order chi connectivity index (χ0) is 22.7. The minimum absolute atomic E-state index is 0.0634. The molecule has 7 nitrogen and oxygen atoms in total. The van der Waals surface area contributed by atoms with Crippen LogP contribution in [0.4, 0.5) is 5.69 Å². The number of methoxy groups -OCH3 is 1. The average molecular weight is 458 g/mol. The third-order valence-electron chi connectivity index (χ3n) is 6.41. The highest BCUT2D eigenvalue weighted by Gasteiger charge is 2.36. The first-order chi connectivity index (χ1) is 15.4. The quantitative estimate of drug-likeness (QED) is 0.691. The van der Waals surface area contributed by atoms with Gasteiger partial charge < -0.3 is 14.5 Å². The van der Waals surface area contributed by atoms with Gasteiger partial charge in [-0.3, -0.25) is 4.79 Å². The maximum atomic E-state index is 13.2. The highest BCUT2D eigenvalue weighted by atomic mass is 32.2. The minimum Gasteiger partial charge on any atom is -0.495 e. The second-order valence-corrected chi connectivity index (χ2v) is 10.4. The summed E-state index contributed by atoms with van der Waals surface area (Å²) in [4.78, 5) is 17.6. The second kappa shape index (κ2) is 9.50. The van der Waals surface area contributed by atoms with Crippen LogP contribution >= 0.6 is 0 Å². The molecular weight excluding hydrogens is 426 g/mol. The number of carbonyl (C=O) groups is 1. The fourth-order valence-electron chi connectivity index (χ4n) is 4.54. The number of para-hydroxylation sites is 2. The van der Waals surface area contributed by atoms with Crippen LogP contribution in [0.3, 0.4) is 0 Å². The molecule has 2 fully saturated rings. The van der Waals surface area contributed by atoms with Crippen LogP contribution in [0.5, 0.6) is 5.75 Å². The fourth-order valence-corrected chi connectivity index (χ4v) is 6.06. The molecule has 1 atom stereocenters. The average Bonchev–Trinajstić information content (AvgIpc) is 2.84. The van der Waals surface area contributed by atoms with E-state index in [1.54, 1.807) is 31.4 Å². The van der Waals surface area contributed by atoms with Crippen LogP contribution in [0.15, 0.2) is 53.4 Å². The highest BCUT2D eigenvalue weighted by molar-refractivity contribution is 7.89. The summed E-state index contributed by atoms with van der Waals surface area (Å²) in [7, 11) is -1.92. The van der Waals surface area contributed by atoms with Crippen molar-refractivity contribution in [3.8, 4) is 5.75 Å². The van der Waals surface area contributed by atoms with Gasteiger partial charge in [-0.15, -0.1) is 0 Å². The third kappa shape index (κ3) is 4.61. The normalized spacial score (nSPS) is 20.2. The van der Waals surface area contributed by atoms with Crippen LogP contribution in [0.1, 0.15) is 18.4 Å². The number of carbonyl (C=O) groups excluding carboxylic acids is 1. The number of nitrogens with zero attached hydrogens (tertiary/aromatic N) is 3. The van der Waals surface area contributed by atoms with Crippen LogP contribution in [0, 0.1) is 12.8 Å². The Labute approximate surface area is 190 Å². The summed E-state index contributed by atoms with van der Waals surface area (Å²) >= 11 is 0. The van der Waals surface area contributed by atoms with Crippen molar-refractivity contribution in [1.82, 2.24) is 9.21 Å². The van der Waals surface area contributed by atoms with Gasteiger partial charge >= 0.3 is 0 Å². The van der Waals surface area contributed by atoms with Gasteiger partial charge in [-0.2, -0.15) is 4.31 Å². The molecule has 2 aromatic carbocycles. The molecule has 2 aromatic rings. The Morgan fingerprint density at radius 3 is 2.34 bits per heavy atom. The molecule has 0 aromatic heterocycles. The van der Waals surface area contributed by atoms with Crippen molar-refractivity contribution < 1.29 is 17.9 Å². The molecule has 32 heavy (non-hydrogen) atoms. The molecule has 4 rings (SSSR count). The topological polar surface area (TPSA) is 70.2 Å². The molecule has 0 unspecified atom stereocenters. The number of anilines is 1. The Balaban J connectivity index is 1.39. The number of sulfonamides is 1. The van der Waals surface area contributed by atoms with E-state index in [2.05, 4.69) is 4.90 Å². The van der Waals surface area contributed by atoms with E-state index in [1.807, 2.05) is 36.1 Å². The SMILES string of the molecule is COc1ccccc1N1CCN(C(=O)[C@@H]2CCCN(S(=O)(=O)c3ccc(C)cc3)C2)CC1. The molecule has 0 bridgehead atoms. The van der Waals surface area contributed by atoms with Crippen molar-refractivity contribution in [3.63, 3.8) is 0 Å². The standard InChI is InChI=1S/C24H31N3O4S/c1-19-9-11-21(12-10-19)32(29,30)27-13-5-6-20(18-27)24(28)26-16-14-25(15-17-26)22-7-3-4-8-23(22)31-2/h3-4,7-12,20H,5-6,13-18H2,1-2H3/t20-/m1/s1. The Kier molecular flexibility index (Phi) is 6.71. The number of ether oxygens (including phenoxy) is 1. The van der Waals surface area contributed by atoms with Gasteiger partial charge in [-0.05, 0) is 44.0 Å². The zero-order valence-electron chi connectivity index (χ0n) is 18.7. The zero-order valence-corrected chi connectivity index (χ0v) is 19.6. The molecule has 2 aliphatic rings. The summed E-state index contributed by atoms with van der Waals surface area (Å²) in [5.74, 6) is 0.603. The number of hydrogen-bond acceptors (Lipinski definition) is 5. The number of benzene rings is 2. The van der Waals surface area contributed by atoms with E-state index in [9.17, 15) is 13.2 Å². The molecule has 0 radical (unpaired) electrons. The first-order valence-electron chi connectivity index (χ1n) is 11.1. The Bertz CT molecular complexity index is 1050. The molecule has 2 saturated heterocycles. The van der Waals surface area contributed by atoms with Gasteiger partial charge in [0.1, 0.15) is 5.75 Å². The summed E-state index contributed by atoms with van der Waals surface area (Å²) < 4.78 is 33.1. The predicted molar refractivity (Wildman–Crippen MR) is 124 cm³/mol. The van der Waals surface area contributed by atoms with Crippen LogP contribution in [-0.2, 0) is 14.8 Å². The van der Waals surface area contributed by atoms with E-state index in [-0.39, 0.29) is 18.4 Å². The minimum atomic E-state index is -3.59. The molecule has 0 aliphatic carbocycles. The number of piperidine rings is 1. The lowest BCUT2D eigenvalue weighted by atomic mass is 9.97. The summed E-state index contributed by atoms with van der Waals surface area (Å²) in [6, 6.07) is 14.8. The van der Waals surface area contributed by atoms with Crippen molar-refractivity contribution in [2.24, 2.45) is 5.92 Å². The number of piperazine rings is 1. The molecular formula is C24H31N3O4S. The van der Waals surface area contributed by atoms with E-state index in [4.69, 9.17) is 4.74 Å². The predicted octanol–water partition coefficient (Wildman–Crippen LogP) is 2.75. The molecule has 172 valence electrons. The van der Waals surface area contributed by atoms with Gasteiger partial charge in [0, 0.05) is 39.3 Å². The summed E-state index contributed by atoms with van der Waals surface area (Å²) in [5.41, 5.74) is 2.05. The monoisotopic (exact) mass is 457 g/mol. The van der Waals surface area contributed by atoms with Crippen LogP contribution in [0.2, 0.25) is 0 Å². The Morgan fingerprint density at radius 1 is 0.969 bits per heavy atom. The number of hydrogen-bond donors (Lipinski definition) is 0. The van der Waals surface area contributed by atoms with Gasteiger partial charge in [0.2, 0.25) is 15.9 Å². The van der Waals surface area contributed by atoms with Crippen LogP contribution in [-0.4, -0.2) is 69.9 Å². The van der Waals surface area contributed by atoms with Gasteiger partial charge in [-0.1, -0.05) is 29.8 Å². The molecule has 0 saturated carbocycles. The molecule has 2 heterocycles. The third-order valence-corrected chi connectivity index (χ3v) is 8.29. The number of aryl methyl sites for hydroxylation is 1. The molecule has 0 N–H and O–H groups in total. The molecule has 1 amide bonds. The van der Waals surface area contributed by atoms with E-state index in [0.717, 1.165) is 36.5 Å². The summed E-state index contributed by atoms with van der Waals surface area (Å²) in [5, 5.41) is 0. The summed E-state index contributed by atoms with van der Waals surface area (Å²) in [6.45, 7) is 5.34.